The van der Waals surface area contributed by atoms with Crippen LogP contribution in [0.15, 0.2) is 54.6 Å². The molecular formula is C27H39Cl2N3O7. The van der Waals surface area contributed by atoms with E-state index in [1.807, 2.05) is 54.6 Å². The van der Waals surface area contributed by atoms with Crippen LogP contribution in [0, 0.1) is 0 Å². The Hall–Kier alpha value is -2.89. The number of rotatable bonds is 16. The largest absolute Gasteiger partial charge is 1.00 e. The lowest BCUT2D eigenvalue weighted by molar-refractivity contribution is -0.678. The zero-order valence-electron chi connectivity index (χ0n) is 22.4. The van der Waals surface area contributed by atoms with Crippen molar-refractivity contribution >= 4 is 17.8 Å². The minimum atomic E-state index is -0.552. The van der Waals surface area contributed by atoms with Gasteiger partial charge in [0.25, 0.3) is 0 Å². The minimum Gasteiger partial charge on any atom is -1.00 e. The average Bonchev–Trinajstić information content (AvgIpc) is 2.91. The second kappa shape index (κ2) is 20.1. The smallest absolute Gasteiger partial charge is 0.364 e. The molecular weight excluding hydrogens is 549 g/mol. The van der Waals surface area contributed by atoms with Gasteiger partial charge < -0.3 is 50.1 Å². The van der Waals surface area contributed by atoms with Gasteiger partial charge in [-0.05, 0) is 23.3 Å². The Morgan fingerprint density at radius 2 is 1.62 bits per heavy atom. The number of methoxy groups -OCH3 is 2. The van der Waals surface area contributed by atoms with Gasteiger partial charge in [0, 0.05) is 25.7 Å². The van der Waals surface area contributed by atoms with Crippen LogP contribution in [-0.4, -0.2) is 67.5 Å². The molecule has 0 aliphatic rings. The Labute approximate surface area is 241 Å². The van der Waals surface area contributed by atoms with Crippen molar-refractivity contribution in [2.75, 3.05) is 27.3 Å². The van der Waals surface area contributed by atoms with Gasteiger partial charge in [-0.25, -0.2) is 9.86 Å². The number of hydrogen-bond acceptors (Lipinski definition) is 7. The van der Waals surface area contributed by atoms with Gasteiger partial charge in [-0.1, -0.05) is 42.5 Å². The summed E-state index contributed by atoms with van der Waals surface area (Å²) in [5.74, 6) is -0.474. The maximum atomic E-state index is 12.3. The Kier molecular flexibility index (Phi) is 18.6. The van der Waals surface area contributed by atoms with Crippen molar-refractivity contribution in [3.05, 3.63) is 65.7 Å². The molecule has 6 N–H and O–H groups in total. The highest BCUT2D eigenvalue weighted by atomic mass is 35.5. The lowest BCUT2D eigenvalue weighted by Crippen LogP contribution is -3.00. The van der Waals surface area contributed by atoms with Gasteiger partial charge >= 0.3 is 11.9 Å². The van der Waals surface area contributed by atoms with Crippen LogP contribution in [0.3, 0.4) is 0 Å². The van der Waals surface area contributed by atoms with Gasteiger partial charge in [-0.15, -0.1) is 0 Å². The number of halogens is 2. The van der Waals surface area contributed by atoms with E-state index >= 15 is 0 Å². The molecule has 0 aromatic heterocycles. The van der Waals surface area contributed by atoms with Gasteiger partial charge in [-0.2, -0.15) is 0 Å². The second-order valence-electron chi connectivity index (χ2n) is 8.84. The van der Waals surface area contributed by atoms with Crippen molar-refractivity contribution in [2.24, 2.45) is 0 Å². The fourth-order valence-corrected chi connectivity index (χ4v) is 3.77. The number of benzene rings is 2. The van der Waals surface area contributed by atoms with Crippen LogP contribution in [0.4, 0.5) is 0 Å². The molecule has 0 aliphatic carbocycles. The van der Waals surface area contributed by atoms with Crippen LogP contribution in [0.2, 0.25) is 0 Å². The van der Waals surface area contributed by atoms with E-state index in [1.54, 1.807) is 5.32 Å². The number of quaternary nitrogens is 2. The van der Waals surface area contributed by atoms with Crippen LogP contribution in [0.1, 0.15) is 36.8 Å². The first-order valence-corrected chi connectivity index (χ1v) is 12.4. The van der Waals surface area contributed by atoms with E-state index < -0.39 is 23.9 Å². The molecule has 0 unspecified atom stereocenters. The first-order valence-electron chi connectivity index (χ1n) is 12.4. The fraction of sp³-hybridized carbons (Fsp3) is 0.444. The fourth-order valence-electron chi connectivity index (χ4n) is 3.77. The van der Waals surface area contributed by atoms with Crippen LogP contribution in [0.5, 0.6) is 5.75 Å². The number of carbonyl (C=O) groups excluding carboxylic acids is 3. The summed E-state index contributed by atoms with van der Waals surface area (Å²) in [6, 6.07) is 16.9. The topological polar surface area (TPSA) is 147 Å². The molecule has 12 heteroatoms. The summed E-state index contributed by atoms with van der Waals surface area (Å²) in [7, 11) is 2.58. The van der Waals surface area contributed by atoms with E-state index in [0.29, 0.717) is 31.1 Å². The highest BCUT2D eigenvalue weighted by Gasteiger charge is 2.24. The zero-order valence-corrected chi connectivity index (χ0v) is 23.9. The molecule has 218 valence electrons. The number of amides is 1. The highest BCUT2D eigenvalue weighted by Crippen LogP contribution is 2.15. The molecule has 2 aromatic carbocycles. The summed E-state index contributed by atoms with van der Waals surface area (Å²) >= 11 is 0. The molecule has 0 fully saturated rings. The van der Waals surface area contributed by atoms with Crippen LogP contribution >= 0.6 is 0 Å². The van der Waals surface area contributed by atoms with Crippen LogP contribution in [-0.2, 0) is 36.9 Å². The van der Waals surface area contributed by atoms with Gasteiger partial charge in [0.2, 0.25) is 5.91 Å². The predicted molar refractivity (Wildman–Crippen MR) is 134 cm³/mol. The lowest BCUT2D eigenvalue weighted by Gasteiger charge is -2.18. The van der Waals surface area contributed by atoms with Gasteiger partial charge in [-0.3, -0.25) is 14.8 Å². The minimum absolute atomic E-state index is 0. The van der Waals surface area contributed by atoms with E-state index in [9.17, 15) is 19.6 Å². The Balaban J connectivity index is 0.00000722. The molecule has 0 saturated heterocycles. The zero-order chi connectivity index (χ0) is 27.0. The van der Waals surface area contributed by atoms with Crippen molar-refractivity contribution in [2.45, 2.75) is 50.8 Å². The molecule has 0 radical (unpaired) electrons. The number of hydrogen-bond donors (Lipinski definition) is 3. The van der Waals surface area contributed by atoms with Gasteiger partial charge in [0.05, 0.1) is 27.2 Å². The van der Waals surface area contributed by atoms with Crippen LogP contribution in [0.25, 0.3) is 0 Å². The lowest BCUT2D eigenvalue weighted by atomic mass is 10.1. The number of nitrogens with zero attached hydrogens (tertiary/aromatic N) is 1. The van der Waals surface area contributed by atoms with E-state index in [1.165, 1.54) is 14.2 Å². The molecule has 2 rings (SSSR count). The first kappa shape index (κ1) is 36.1. The number of hydroxylamine groups is 2. The first-order chi connectivity index (χ1) is 17.8. The van der Waals surface area contributed by atoms with Crippen LogP contribution < -0.4 is 40.6 Å². The molecule has 10 nitrogen and oxygen atoms in total. The normalized spacial score (nSPS) is 11.7. The van der Waals surface area contributed by atoms with Crippen molar-refractivity contribution in [3.63, 3.8) is 0 Å². The quantitative estimate of drug-likeness (QED) is 0.0768. The van der Waals surface area contributed by atoms with Gasteiger partial charge in [0.15, 0.2) is 6.04 Å². The van der Waals surface area contributed by atoms with Crippen molar-refractivity contribution < 1.29 is 69.7 Å². The standard InChI is InChI=1S/C27H37N3O7.2ClH/c1-35-26(32)15-14-24(27(33)36-2)29-16-6-9-25(31)30(34)18-22(28)17-20-10-12-23(13-11-20)37-19-21-7-4-3-5-8-21;;/h3-5,7-8,10-13,22,24,29,34H,6,9,14-19,28H2,1-2H3;2*1H/t22-,24-;;/m0../s1. The van der Waals surface area contributed by atoms with Crippen molar-refractivity contribution in [3.8, 4) is 5.75 Å². The summed E-state index contributed by atoms with van der Waals surface area (Å²) in [6.07, 6.45) is 1.55. The van der Waals surface area contributed by atoms with Crippen molar-refractivity contribution in [1.82, 2.24) is 5.06 Å². The molecule has 2 aromatic rings. The summed E-state index contributed by atoms with van der Waals surface area (Å²) in [5, 5.41) is 12.6. The maximum Gasteiger partial charge on any atom is 0.364 e. The predicted octanol–water partition coefficient (Wildman–Crippen LogP) is -5.52. The Bertz CT molecular complexity index is 981. The van der Waals surface area contributed by atoms with E-state index in [-0.39, 0.29) is 56.7 Å². The summed E-state index contributed by atoms with van der Waals surface area (Å²) in [6.45, 7) is 1.07. The Morgan fingerprint density at radius 3 is 2.23 bits per heavy atom. The summed E-state index contributed by atoms with van der Waals surface area (Å²) in [5.41, 5.74) is 6.19. The monoisotopic (exact) mass is 587 g/mol. The van der Waals surface area contributed by atoms with Gasteiger partial charge in [0.1, 0.15) is 24.9 Å². The molecule has 0 bridgehead atoms. The third kappa shape index (κ3) is 14.2. The number of ether oxygens (including phenoxy) is 3. The SMILES string of the molecule is COC(=O)CC[C@H]([NH2+]CCCC(=O)N(O)C[C@@H]([NH3+])Cc1ccc(OCc2ccccc2)cc1)C(=O)OC.[Cl-].[Cl-]. The molecule has 0 saturated carbocycles. The van der Waals surface area contributed by atoms with E-state index in [2.05, 4.69) is 10.5 Å². The second-order valence-corrected chi connectivity index (χ2v) is 8.84. The highest BCUT2D eigenvalue weighted by molar-refractivity contribution is 5.76. The molecule has 0 aliphatic heterocycles. The summed E-state index contributed by atoms with van der Waals surface area (Å²) in [4.78, 5) is 35.6. The average molecular weight is 589 g/mol. The number of esters is 2. The number of carbonyl (C=O) groups is 3. The summed E-state index contributed by atoms with van der Waals surface area (Å²) < 4.78 is 15.2. The third-order valence-corrected chi connectivity index (χ3v) is 5.85. The van der Waals surface area contributed by atoms with Crippen molar-refractivity contribution in [1.29, 1.82) is 0 Å². The molecule has 0 heterocycles. The van der Waals surface area contributed by atoms with E-state index in [4.69, 9.17) is 9.47 Å². The molecule has 1 amide bonds. The van der Waals surface area contributed by atoms with E-state index in [0.717, 1.165) is 16.9 Å². The molecule has 0 spiro atoms. The molecule has 39 heavy (non-hydrogen) atoms. The molecule has 2 atom stereocenters. The maximum absolute atomic E-state index is 12.3. The third-order valence-electron chi connectivity index (χ3n) is 5.85. The number of nitrogens with two attached hydrogens (primary N) is 1. The Morgan fingerprint density at radius 1 is 0.949 bits per heavy atom.